The molecule has 1 aromatic rings. The maximum Gasteiger partial charge on any atom is 0.241 e. The second-order valence-electron chi connectivity index (χ2n) is 5.42. The van der Waals surface area contributed by atoms with Gasteiger partial charge in [-0.3, -0.25) is 4.79 Å². The fourth-order valence-corrected chi connectivity index (χ4v) is 1.82. The Morgan fingerprint density at radius 2 is 1.95 bits per heavy atom. The van der Waals surface area contributed by atoms with E-state index in [0.717, 1.165) is 5.69 Å². The predicted molar refractivity (Wildman–Crippen MR) is 80.3 cm³/mol. The molecule has 0 aromatic heterocycles. The number of hydrogen-bond acceptors (Lipinski definition) is 3. The minimum absolute atomic E-state index is 0.0143. The van der Waals surface area contributed by atoms with E-state index in [0.29, 0.717) is 12.1 Å². The highest BCUT2D eigenvalue weighted by atomic mass is 19.1. The van der Waals surface area contributed by atoms with Crippen LogP contribution < -0.4 is 10.2 Å². The van der Waals surface area contributed by atoms with Gasteiger partial charge in [0.05, 0.1) is 6.54 Å². The van der Waals surface area contributed by atoms with E-state index in [1.165, 1.54) is 11.0 Å². The maximum atomic E-state index is 14.0. The first-order valence-corrected chi connectivity index (χ1v) is 6.75. The van der Waals surface area contributed by atoms with Crippen LogP contribution in [0, 0.1) is 5.82 Å². The minimum Gasteiger partial charge on any atom is -0.365 e. The standard InChI is InChI=1S/C15H24FN3O/c1-11(2)17-9-12-13(16)7-6-8-14(12)19(5)10-15(20)18(3)4/h6-8,11,17H,9-10H2,1-5H3. The monoisotopic (exact) mass is 281 g/mol. The van der Waals surface area contributed by atoms with Crippen LogP contribution in [0.1, 0.15) is 19.4 Å². The number of carbonyl (C=O) groups is 1. The third-order valence-corrected chi connectivity index (χ3v) is 3.06. The Kier molecular flexibility index (Phi) is 5.95. The van der Waals surface area contributed by atoms with Crippen molar-refractivity contribution in [2.75, 3.05) is 32.6 Å². The average molecular weight is 281 g/mol. The molecule has 0 atom stereocenters. The van der Waals surface area contributed by atoms with Gasteiger partial charge in [0.2, 0.25) is 5.91 Å². The van der Waals surface area contributed by atoms with Crippen LogP contribution in [0.5, 0.6) is 0 Å². The van der Waals surface area contributed by atoms with Gasteiger partial charge in [-0.05, 0) is 12.1 Å². The van der Waals surface area contributed by atoms with Gasteiger partial charge in [-0.25, -0.2) is 4.39 Å². The third kappa shape index (κ3) is 4.49. The number of nitrogens with zero attached hydrogens (tertiary/aromatic N) is 2. The van der Waals surface area contributed by atoms with E-state index in [4.69, 9.17) is 0 Å². The molecule has 0 bridgehead atoms. The number of rotatable bonds is 6. The second kappa shape index (κ2) is 7.24. The number of amides is 1. The summed E-state index contributed by atoms with van der Waals surface area (Å²) in [6, 6.07) is 5.22. The molecule has 0 aliphatic rings. The van der Waals surface area contributed by atoms with Gasteiger partial charge in [-0.1, -0.05) is 19.9 Å². The van der Waals surface area contributed by atoms with Crippen molar-refractivity contribution in [2.45, 2.75) is 26.4 Å². The maximum absolute atomic E-state index is 14.0. The number of anilines is 1. The molecule has 1 rings (SSSR count). The molecule has 20 heavy (non-hydrogen) atoms. The van der Waals surface area contributed by atoms with Crippen molar-refractivity contribution in [3.8, 4) is 0 Å². The number of likely N-dealkylation sites (N-methyl/N-ethyl adjacent to an activating group) is 2. The van der Waals surface area contributed by atoms with Crippen LogP contribution in [-0.4, -0.2) is 44.5 Å². The van der Waals surface area contributed by atoms with Crippen molar-refractivity contribution in [3.63, 3.8) is 0 Å². The summed E-state index contributed by atoms with van der Waals surface area (Å²) in [6.07, 6.45) is 0. The van der Waals surface area contributed by atoms with Gasteiger partial charge in [-0.2, -0.15) is 0 Å². The van der Waals surface area contributed by atoms with Gasteiger partial charge < -0.3 is 15.1 Å². The Morgan fingerprint density at radius 3 is 2.50 bits per heavy atom. The molecule has 1 amide bonds. The van der Waals surface area contributed by atoms with Crippen molar-refractivity contribution < 1.29 is 9.18 Å². The van der Waals surface area contributed by atoms with Gasteiger partial charge in [0, 0.05) is 45.0 Å². The fraction of sp³-hybridized carbons (Fsp3) is 0.533. The Bertz CT molecular complexity index is 460. The Labute approximate surface area is 120 Å². The van der Waals surface area contributed by atoms with Gasteiger partial charge in [0.1, 0.15) is 5.82 Å². The van der Waals surface area contributed by atoms with E-state index in [1.807, 2.05) is 19.9 Å². The second-order valence-corrected chi connectivity index (χ2v) is 5.42. The molecule has 5 heteroatoms. The summed E-state index contributed by atoms with van der Waals surface area (Å²) in [5.74, 6) is -0.265. The van der Waals surface area contributed by atoms with Gasteiger partial charge in [0.15, 0.2) is 0 Å². The number of nitrogens with one attached hydrogen (secondary N) is 1. The Balaban J connectivity index is 2.92. The van der Waals surface area contributed by atoms with E-state index in [9.17, 15) is 9.18 Å². The zero-order valence-corrected chi connectivity index (χ0v) is 12.9. The third-order valence-electron chi connectivity index (χ3n) is 3.06. The van der Waals surface area contributed by atoms with E-state index in [1.54, 1.807) is 32.1 Å². The molecule has 1 aromatic carbocycles. The SMILES string of the molecule is CC(C)NCc1c(F)cccc1N(C)CC(=O)N(C)C. The highest BCUT2D eigenvalue weighted by Crippen LogP contribution is 2.22. The quantitative estimate of drug-likeness (QED) is 0.864. The molecule has 0 heterocycles. The molecular formula is C15H24FN3O. The summed E-state index contributed by atoms with van der Waals surface area (Å²) in [4.78, 5) is 15.1. The van der Waals surface area contributed by atoms with E-state index in [-0.39, 0.29) is 24.3 Å². The van der Waals surface area contributed by atoms with Crippen molar-refractivity contribution in [2.24, 2.45) is 0 Å². The van der Waals surface area contributed by atoms with Crippen LogP contribution in [0.15, 0.2) is 18.2 Å². The molecule has 4 nitrogen and oxygen atoms in total. The van der Waals surface area contributed by atoms with Crippen LogP contribution in [0.4, 0.5) is 10.1 Å². The number of carbonyl (C=O) groups excluding carboxylic acids is 1. The number of hydrogen-bond donors (Lipinski definition) is 1. The normalized spacial score (nSPS) is 10.8. The molecule has 0 radical (unpaired) electrons. The minimum atomic E-state index is -0.250. The van der Waals surface area contributed by atoms with Crippen molar-refractivity contribution >= 4 is 11.6 Å². The summed E-state index contributed by atoms with van der Waals surface area (Å²) in [7, 11) is 5.22. The van der Waals surface area contributed by atoms with Crippen LogP contribution in [0.25, 0.3) is 0 Å². The van der Waals surface area contributed by atoms with Gasteiger partial charge in [-0.15, -0.1) is 0 Å². The summed E-state index contributed by atoms with van der Waals surface area (Å²) in [5.41, 5.74) is 1.34. The van der Waals surface area contributed by atoms with E-state index >= 15 is 0 Å². The molecule has 1 N–H and O–H groups in total. The van der Waals surface area contributed by atoms with Crippen LogP contribution in [-0.2, 0) is 11.3 Å². The summed E-state index contributed by atoms with van der Waals surface area (Å²) in [6.45, 7) is 4.70. The highest BCUT2D eigenvalue weighted by molar-refractivity contribution is 5.81. The topological polar surface area (TPSA) is 35.6 Å². The first-order chi connectivity index (χ1) is 9.32. The van der Waals surface area contributed by atoms with Gasteiger partial charge >= 0.3 is 0 Å². The van der Waals surface area contributed by atoms with Crippen molar-refractivity contribution in [1.29, 1.82) is 0 Å². The summed E-state index contributed by atoms with van der Waals surface area (Å²) in [5, 5.41) is 3.21. The first kappa shape index (κ1) is 16.4. The molecule has 0 aliphatic heterocycles. The smallest absolute Gasteiger partial charge is 0.241 e. The average Bonchev–Trinajstić information content (AvgIpc) is 2.36. The Hall–Kier alpha value is -1.62. The number of benzene rings is 1. The molecule has 0 unspecified atom stereocenters. The largest absolute Gasteiger partial charge is 0.365 e. The molecule has 0 fully saturated rings. The lowest BCUT2D eigenvalue weighted by molar-refractivity contribution is -0.127. The number of halogens is 1. The predicted octanol–water partition coefficient (Wildman–Crippen LogP) is 1.85. The first-order valence-electron chi connectivity index (χ1n) is 6.75. The lowest BCUT2D eigenvalue weighted by Crippen LogP contribution is -2.35. The highest BCUT2D eigenvalue weighted by Gasteiger charge is 2.15. The molecule has 112 valence electrons. The zero-order chi connectivity index (χ0) is 15.3. The molecule has 0 saturated heterocycles. The van der Waals surface area contributed by atoms with E-state index in [2.05, 4.69) is 5.32 Å². The Morgan fingerprint density at radius 1 is 1.30 bits per heavy atom. The molecule has 0 spiro atoms. The summed E-state index contributed by atoms with van der Waals surface area (Å²) < 4.78 is 14.0. The zero-order valence-electron chi connectivity index (χ0n) is 12.9. The fourth-order valence-electron chi connectivity index (χ4n) is 1.82. The van der Waals surface area contributed by atoms with Crippen molar-refractivity contribution in [1.82, 2.24) is 10.2 Å². The van der Waals surface area contributed by atoms with Crippen LogP contribution in [0.2, 0.25) is 0 Å². The van der Waals surface area contributed by atoms with Gasteiger partial charge in [0.25, 0.3) is 0 Å². The molecular weight excluding hydrogens is 257 g/mol. The lowest BCUT2D eigenvalue weighted by Gasteiger charge is -2.24. The van der Waals surface area contributed by atoms with Crippen molar-refractivity contribution in [3.05, 3.63) is 29.6 Å². The molecule has 0 saturated carbocycles. The van der Waals surface area contributed by atoms with Crippen LogP contribution >= 0.6 is 0 Å². The molecule has 0 aliphatic carbocycles. The van der Waals surface area contributed by atoms with E-state index < -0.39 is 0 Å². The van der Waals surface area contributed by atoms with Crippen LogP contribution in [0.3, 0.4) is 0 Å². The lowest BCUT2D eigenvalue weighted by atomic mass is 10.1. The summed E-state index contributed by atoms with van der Waals surface area (Å²) >= 11 is 0.